The highest BCUT2D eigenvalue weighted by Gasteiger charge is 2.05. The molecule has 0 aliphatic rings. The second-order valence-electron chi connectivity index (χ2n) is 3.75. The summed E-state index contributed by atoms with van der Waals surface area (Å²) in [6, 6.07) is 0.276. The van der Waals surface area contributed by atoms with E-state index in [9.17, 15) is 0 Å². The summed E-state index contributed by atoms with van der Waals surface area (Å²) in [6.45, 7) is 2.03. The minimum absolute atomic E-state index is 0.276. The topological polar surface area (TPSA) is 80.5 Å². The van der Waals surface area contributed by atoms with E-state index >= 15 is 0 Å². The van der Waals surface area contributed by atoms with Crippen LogP contribution < -0.4 is 5.73 Å². The van der Waals surface area contributed by atoms with E-state index in [0.717, 1.165) is 34.8 Å². The highest BCUT2D eigenvalue weighted by atomic mass is 32.2. The van der Waals surface area contributed by atoms with Gasteiger partial charge in [0, 0.05) is 6.04 Å². The summed E-state index contributed by atoms with van der Waals surface area (Å²) < 4.78 is 0. The van der Waals surface area contributed by atoms with E-state index in [0.29, 0.717) is 0 Å². The summed E-state index contributed by atoms with van der Waals surface area (Å²) in [5.41, 5.74) is 7.35. The Balaban J connectivity index is 1.96. The fourth-order valence-electron chi connectivity index (χ4n) is 1.43. The second-order valence-corrected chi connectivity index (χ2v) is 4.83. The Morgan fingerprint density at radius 3 is 3.12 bits per heavy atom. The lowest BCUT2D eigenvalue weighted by atomic mass is 10.2. The summed E-state index contributed by atoms with van der Waals surface area (Å²) in [5, 5.41) is 0.965. The van der Waals surface area contributed by atoms with Gasteiger partial charge < -0.3 is 10.7 Å². The molecular formula is C10H15N5S. The lowest BCUT2D eigenvalue weighted by molar-refractivity contribution is 0.656. The van der Waals surface area contributed by atoms with Crippen LogP contribution in [0.1, 0.15) is 19.8 Å². The van der Waals surface area contributed by atoms with Gasteiger partial charge in [-0.2, -0.15) is 0 Å². The molecule has 5 nitrogen and oxygen atoms in total. The van der Waals surface area contributed by atoms with E-state index in [-0.39, 0.29) is 6.04 Å². The molecule has 6 heteroatoms. The highest BCUT2D eigenvalue weighted by Crippen LogP contribution is 2.22. The molecule has 0 amide bonds. The SMILES string of the molecule is CC(N)CCCSc1ncnc2nc[nH]c12. The van der Waals surface area contributed by atoms with Gasteiger partial charge in [-0.1, -0.05) is 0 Å². The summed E-state index contributed by atoms with van der Waals surface area (Å²) in [5.74, 6) is 1.02. The minimum atomic E-state index is 0.276. The van der Waals surface area contributed by atoms with Gasteiger partial charge in [0.15, 0.2) is 5.65 Å². The molecule has 2 aromatic rings. The molecule has 0 saturated heterocycles. The van der Waals surface area contributed by atoms with Crippen molar-refractivity contribution in [3.8, 4) is 0 Å². The van der Waals surface area contributed by atoms with Crippen LogP contribution in [0.25, 0.3) is 11.2 Å². The lowest BCUT2D eigenvalue weighted by Gasteiger charge is -2.04. The smallest absolute Gasteiger partial charge is 0.181 e. The Morgan fingerprint density at radius 1 is 1.44 bits per heavy atom. The average molecular weight is 237 g/mol. The number of hydrogen-bond donors (Lipinski definition) is 2. The van der Waals surface area contributed by atoms with Crippen LogP contribution in [0, 0.1) is 0 Å². The number of aromatic amines is 1. The van der Waals surface area contributed by atoms with E-state index < -0.39 is 0 Å². The lowest BCUT2D eigenvalue weighted by Crippen LogP contribution is -2.14. The fraction of sp³-hybridized carbons (Fsp3) is 0.500. The van der Waals surface area contributed by atoms with E-state index in [1.54, 1.807) is 24.4 Å². The van der Waals surface area contributed by atoms with Crippen molar-refractivity contribution in [3.63, 3.8) is 0 Å². The molecule has 0 aliphatic heterocycles. The first-order valence-corrected chi connectivity index (χ1v) is 6.28. The number of aromatic nitrogens is 4. The Kier molecular flexibility index (Phi) is 3.74. The first kappa shape index (κ1) is 11.3. The second kappa shape index (κ2) is 5.27. The maximum absolute atomic E-state index is 5.69. The number of nitrogens with zero attached hydrogens (tertiary/aromatic N) is 3. The summed E-state index contributed by atoms with van der Waals surface area (Å²) in [7, 11) is 0. The minimum Gasteiger partial charge on any atom is -0.341 e. The van der Waals surface area contributed by atoms with Gasteiger partial charge in [-0.15, -0.1) is 11.8 Å². The predicted octanol–water partition coefficient (Wildman–Crippen LogP) is 1.57. The predicted molar refractivity (Wildman–Crippen MR) is 65.3 cm³/mol. The van der Waals surface area contributed by atoms with Crippen LogP contribution in [0.4, 0.5) is 0 Å². The maximum Gasteiger partial charge on any atom is 0.181 e. The monoisotopic (exact) mass is 237 g/mol. The van der Waals surface area contributed by atoms with Crippen molar-refractivity contribution in [2.24, 2.45) is 5.73 Å². The van der Waals surface area contributed by atoms with Crippen molar-refractivity contribution < 1.29 is 0 Å². The van der Waals surface area contributed by atoms with Gasteiger partial charge in [0.2, 0.25) is 0 Å². The molecule has 3 N–H and O–H groups in total. The summed E-state index contributed by atoms with van der Waals surface area (Å²) in [4.78, 5) is 15.5. The molecule has 2 heterocycles. The first-order chi connectivity index (χ1) is 7.77. The number of H-pyrrole nitrogens is 1. The van der Waals surface area contributed by atoms with E-state index in [4.69, 9.17) is 5.73 Å². The van der Waals surface area contributed by atoms with Gasteiger partial charge in [-0.05, 0) is 25.5 Å². The number of fused-ring (bicyclic) bond motifs is 1. The van der Waals surface area contributed by atoms with Crippen LogP contribution in [0.3, 0.4) is 0 Å². The molecule has 0 aliphatic carbocycles. The number of nitrogens with two attached hydrogens (primary N) is 1. The molecule has 2 rings (SSSR count). The van der Waals surface area contributed by atoms with Crippen molar-refractivity contribution in [2.45, 2.75) is 30.8 Å². The number of hydrogen-bond acceptors (Lipinski definition) is 5. The van der Waals surface area contributed by atoms with Gasteiger partial charge >= 0.3 is 0 Å². The molecule has 0 radical (unpaired) electrons. The highest BCUT2D eigenvalue weighted by molar-refractivity contribution is 7.99. The van der Waals surface area contributed by atoms with Crippen molar-refractivity contribution in [2.75, 3.05) is 5.75 Å². The van der Waals surface area contributed by atoms with Crippen molar-refractivity contribution >= 4 is 22.9 Å². The standard InChI is InChI=1S/C10H15N5S/c1-7(11)3-2-4-16-10-8-9(13-5-12-8)14-6-15-10/h5-7H,2-4,11H2,1H3,(H,12,13,14,15). The number of imidazole rings is 1. The maximum atomic E-state index is 5.69. The van der Waals surface area contributed by atoms with Gasteiger partial charge in [0.05, 0.1) is 6.33 Å². The first-order valence-electron chi connectivity index (χ1n) is 5.30. The Bertz CT molecular complexity index is 453. The van der Waals surface area contributed by atoms with Crippen LogP contribution in [0.5, 0.6) is 0 Å². The summed E-state index contributed by atoms with van der Waals surface area (Å²) in [6.07, 6.45) is 5.34. The normalized spacial score (nSPS) is 13.1. The molecule has 2 aromatic heterocycles. The molecule has 1 unspecified atom stereocenters. The molecule has 0 spiro atoms. The quantitative estimate of drug-likeness (QED) is 0.469. The number of nitrogens with one attached hydrogen (secondary N) is 1. The molecule has 0 bridgehead atoms. The third kappa shape index (κ3) is 2.70. The Labute approximate surface area is 98.3 Å². The number of rotatable bonds is 5. The number of thioether (sulfide) groups is 1. The zero-order valence-corrected chi connectivity index (χ0v) is 10.00. The molecule has 16 heavy (non-hydrogen) atoms. The molecule has 0 saturated carbocycles. The van der Waals surface area contributed by atoms with Gasteiger partial charge in [0.25, 0.3) is 0 Å². The fourth-order valence-corrected chi connectivity index (χ4v) is 2.35. The largest absolute Gasteiger partial charge is 0.341 e. The van der Waals surface area contributed by atoms with Crippen molar-refractivity contribution in [1.29, 1.82) is 0 Å². The molecular weight excluding hydrogens is 222 g/mol. The van der Waals surface area contributed by atoms with Crippen LogP contribution in [0.2, 0.25) is 0 Å². The average Bonchev–Trinajstić information content (AvgIpc) is 2.72. The van der Waals surface area contributed by atoms with Crippen LogP contribution >= 0.6 is 11.8 Å². The third-order valence-electron chi connectivity index (χ3n) is 2.23. The van der Waals surface area contributed by atoms with Crippen LogP contribution in [-0.2, 0) is 0 Å². The van der Waals surface area contributed by atoms with Gasteiger partial charge in [-0.25, -0.2) is 15.0 Å². The third-order valence-corrected chi connectivity index (χ3v) is 3.31. The molecule has 0 fully saturated rings. The van der Waals surface area contributed by atoms with Crippen molar-refractivity contribution in [3.05, 3.63) is 12.7 Å². The molecule has 86 valence electrons. The Hall–Kier alpha value is -1.14. The van der Waals surface area contributed by atoms with Gasteiger partial charge in [-0.3, -0.25) is 0 Å². The Morgan fingerprint density at radius 2 is 2.31 bits per heavy atom. The van der Waals surface area contributed by atoms with Crippen LogP contribution in [-0.4, -0.2) is 31.7 Å². The zero-order chi connectivity index (χ0) is 11.4. The van der Waals surface area contributed by atoms with Crippen molar-refractivity contribution in [1.82, 2.24) is 19.9 Å². The van der Waals surface area contributed by atoms with E-state index in [1.807, 2.05) is 6.92 Å². The van der Waals surface area contributed by atoms with Gasteiger partial charge in [0.1, 0.15) is 16.9 Å². The molecule has 0 aromatic carbocycles. The van der Waals surface area contributed by atoms with E-state index in [2.05, 4.69) is 19.9 Å². The van der Waals surface area contributed by atoms with Crippen LogP contribution in [0.15, 0.2) is 17.7 Å². The zero-order valence-electron chi connectivity index (χ0n) is 9.18. The van der Waals surface area contributed by atoms with E-state index in [1.165, 1.54) is 0 Å². The summed E-state index contributed by atoms with van der Waals surface area (Å²) >= 11 is 1.72. The molecule has 1 atom stereocenters.